The molecular formula is C42H80N6NiS2-6. The minimum Gasteiger partial charge on any atom is -0.696 e. The molecule has 306 valence electrons. The van der Waals surface area contributed by atoms with Crippen molar-refractivity contribution >= 4 is 25.3 Å². The molecule has 4 fully saturated rings. The monoisotopic (exact) mass is 791 g/mol. The van der Waals surface area contributed by atoms with Crippen LogP contribution in [0.5, 0.6) is 0 Å². The Bertz CT molecular complexity index is 638. The van der Waals surface area contributed by atoms with Crippen LogP contribution >= 0.6 is 0 Å². The average Bonchev–Trinajstić information content (AvgIpc) is 3.17. The maximum absolute atomic E-state index is 7.13. The van der Waals surface area contributed by atoms with Crippen molar-refractivity contribution in [3.8, 4) is 10.8 Å². The van der Waals surface area contributed by atoms with Crippen LogP contribution < -0.4 is 0 Å². The van der Waals surface area contributed by atoms with E-state index < -0.39 is 0 Å². The van der Waals surface area contributed by atoms with Gasteiger partial charge in [-0.1, -0.05) is 169 Å². The molecule has 0 aliphatic carbocycles. The largest absolute Gasteiger partial charge is 0.696 e. The second-order valence-corrected chi connectivity index (χ2v) is 14.9. The molecule has 0 aromatic carbocycles. The first kappa shape index (κ1) is 55.1. The molecule has 0 bridgehead atoms. The van der Waals surface area contributed by atoms with Gasteiger partial charge in [-0.05, 0) is 47.3 Å². The molecule has 0 atom stereocenters. The van der Waals surface area contributed by atoms with Gasteiger partial charge in [0.1, 0.15) is 0 Å². The van der Waals surface area contributed by atoms with Crippen LogP contribution in [0.3, 0.4) is 0 Å². The molecule has 9 heteroatoms. The fraction of sp³-hybridized carbons (Fsp3) is 0.952. The van der Waals surface area contributed by atoms with E-state index in [2.05, 4.69) is 102 Å². The van der Waals surface area contributed by atoms with E-state index in [1.807, 2.05) is 0 Å². The Morgan fingerprint density at radius 2 is 0.510 bits per heavy atom. The number of nitriles is 2. The standard InChI is InChI=1S/4C10H20N.2CHNS.Ni/c4*1-3-9(4-2)10-5-7-11-8-6-10;2*2-1-3;/h4*9-10H,3-8H2,1-2H3;2*3H;/q4*-1;;;/p-2. The molecule has 0 aromatic heterocycles. The summed E-state index contributed by atoms with van der Waals surface area (Å²) in [5, 5.41) is 34.4. The summed E-state index contributed by atoms with van der Waals surface area (Å²) >= 11 is 7.40. The topological polar surface area (TPSA) is 104 Å². The molecule has 4 aliphatic heterocycles. The molecule has 4 heterocycles. The molecule has 51 heavy (non-hydrogen) atoms. The summed E-state index contributed by atoms with van der Waals surface area (Å²) in [7, 11) is 0. The predicted molar refractivity (Wildman–Crippen MR) is 226 cm³/mol. The fourth-order valence-corrected chi connectivity index (χ4v) is 8.79. The van der Waals surface area contributed by atoms with Gasteiger partial charge in [-0.15, -0.1) is 52.4 Å². The molecule has 0 unspecified atom stereocenters. The number of hydrogen-bond donors (Lipinski definition) is 0. The molecule has 0 amide bonds. The average molecular weight is 792 g/mol. The van der Waals surface area contributed by atoms with E-state index in [-0.39, 0.29) is 16.5 Å². The zero-order valence-corrected chi connectivity index (χ0v) is 37.0. The third-order valence-corrected chi connectivity index (χ3v) is 12.1. The Labute approximate surface area is 340 Å². The van der Waals surface area contributed by atoms with Crippen LogP contribution in [-0.2, 0) is 41.7 Å². The van der Waals surface area contributed by atoms with Crippen molar-refractivity contribution in [2.24, 2.45) is 47.3 Å². The van der Waals surface area contributed by atoms with Gasteiger partial charge in [-0.2, -0.15) is 0 Å². The van der Waals surface area contributed by atoms with Crippen molar-refractivity contribution in [1.29, 1.82) is 10.5 Å². The molecule has 0 radical (unpaired) electrons. The fourth-order valence-electron chi connectivity index (χ4n) is 8.79. The summed E-state index contributed by atoms with van der Waals surface area (Å²) in [6.45, 7) is 27.6. The van der Waals surface area contributed by atoms with E-state index in [1.165, 1.54) is 114 Å². The molecule has 0 N–H and O–H groups in total. The third kappa shape index (κ3) is 27.9. The molecule has 4 rings (SSSR count). The van der Waals surface area contributed by atoms with Gasteiger partial charge in [0.05, 0.1) is 0 Å². The van der Waals surface area contributed by atoms with Crippen molar-refractivity contribution < 1.29 is 16.5 Å². The van der Waals surface area contributed by atoms with Crippen LogP contribution in [0.1, 0.15) is 158 Å². The van der Waals surface area contributed by atoms with E-state index in [1.54, 1.807) is 0 Å². The number of nitrogens with zero attached hydrogens (tertiary/aromatic N) is 6. The molecule has 4 saturated heterocycles. The maximum Gasteiger partial charge on any atom is 0 e. The third-order valence-electron chi connectivity index (χ3n) is 12.1. The van der Waals surface area contributed by atoms with E-state index in [0.717, 1.165) is 99.7 Å². The van der Waals surface area contributed by atoms with Gasteiger partial charge in [0.2, 0.25) is 0 Å². The first-order valence-corrected chi connectivity index (χ1v) is 21.7. The van der Waals surface area contributed by atoms with E-state index in [0.29, 0.717) is 0 Å². The number of rotatable bonds is 12. The number of thiocyanates is 2. The summed E-state index contributed by atoms with van der Waals surface area (Å²) in [6.07, 6.45) is 21.7. The predicted octanol–water partition coefficient (Wildman–Crippen LogP) is 12.9. The number of piperidine rings is 4. The minimum atomic E-state index is 0. The smallest absolute Gasteiger partial charge is 0 e. The van der Waals surface area contributed by atoms with Gasteiger partial charge in [-0.3, -0.25) is 0 Å². The van der Waals surface area contributed by atoms with Gasteiger partial charge in [0.15, 0.2) is 0 Å². The Balaban J connectivity index is -0.000000568. The van der Waals surface area contributed by atoms with Crippen molar-refractivity contribution in [2.75, 3.05) is 52.4 Å². The molecule has 0 spiro atoms. The van der Waals surface area contributed by atoms with Crippen molar-refractivity contribution in [3.05, 3.63) is 21.3 Å². The normalized spacial score (nSPS) is 18.4. The van der Waals surface area contributed by atoms with E-state index >= 15 is 0 Å². The molecule has 6 nitrogen and oxygen atoms in total. The summed E-state index contributed by atoms with van der Waals surface area (Å²) in [5.74, 6) is 7.86. The zero-order valence-electron chi connectivity index (χ0n) is 34.4. The van der Waals surface area contributed by atoms with Crippen molar-refractivity contribution in [2.45, 2.75) is 158 Å². The minimum absolute atomic E-state index is 0. The Hall–Kier alpha value is -0.246. The van der Waals surface area contributed by atoms with Crippen LogP contribution in [0.25, 0.3) is 21.3 Å². The number of hydrogen-bond acceptors (Lipinski definition) is 4. The van der Waals surface area contributed by atoms with Crippen LogP contribution in [0.4, 0.5) is 0 Å². The first-order chi connectivity index (χ1) is 24.4. The Morgan fingerprint density at radius 3 is 0.608 bits per heavy atom. The van der Waals surface area contributed by atoms with Crippen LogP contribution in [-0.4, -0.2) is 52.4 Å². The van der Waals surface area contributed by atoms with Gasteiger partial charge < -0.3 is 46.5 Å². The quantitative estimate of drug-likeness (QED) is 0.111. The molecule has 0 saturated carbocycles. The summed E-state index contributed by atoms with van der Waals surface area (Å²) in [5.41, 5.74) is 0. The summed E-state index contributed by atoms with van der Waals surface area (Å²) in [6, 6.07) is 0. The van der Waals surface area contributed by atoms with Gasteiger partial charge in [0.25, 0.3) is 0 Å². The van der Waals surface area contributed by atoms with E-state index in [9.17, 15) is 0 Å². The maximum atomic E-state index is 7.13. The van der Waals surface area contributed by atoms with Crippen molar-refractivity contribution in [3.63, 3.8) is 0 Å². The molecule has 0 aromatic rings. The van der Waals surface area contributed by atoms with Gasteiger partial charge >= 0.3 is 0 Å². The second kappa shape index (κ2) is 40.9. The van der Waals surface area contributed by atoms with Gasteiger partial charge in [-0.25, -0.2) is 10.5 Å². The SMILES string of the molecule is CCC(CC)C1CC[N-]CC1.CCC(CC)C1CC[N-]CC1.CCC(CC)C1CC[N-]CC1.CCC(CC)C1CC[N-]CC1.N#C[S-].N#C[S-].[Ni]. The van der Waals surface area contributed by atoms with Gasteiger partial charge in [0, 0.05) is 16.5 Å². The summed E-state index contributed by atoms with van der Waals surface area (Å²) < 4.78 is 0. The molecular weight excluding hydrogens is 711 g/mol. The zero-order chi connectivity index (χ0) is 37.8. The molecule has 4 aliphatic rings. The Kier molecular flexibility index (Phi) is 44.2. The van der Waals surface area contributed by atoms with E-state index in [4.69, 9.17) is 10.5 Å². The van der Waals surface area contributed by atoms with Crippen LogP contribution in [0.2, 0.25) is 0 Å². The second-order valence-electron chi connectivity index (χ2n) is 14.5. The Morgan fingerprint density at radius 1 is 0.392 bits per heavy atom. The summed E-state index contributed by atoms with van der Waals surface area (Å²) in [4.78, 5) is 0. The van der Waals surface area contributed by atoms with Crippen molar-refractivity contribution in [1.82, 2.24) is 0 Å². The van der Waals surface area contributed by atoms with Crippen LogP contribution in [0, 0.1) is 68.7 Å². The first-order valence-electron chi connectivity index (χ1n) is 20.9. The van der Waals surface area contributed by atoms with Crippen LogP contribution in [0.15, 0.2) is 0 Å².